The molecule has 0 aromatic heterocycles. The topological polar surface area (TPSA) is 18.5 Å². The van der Waals surface area contributed by atoms with Crippen molar-refractivity contribution >= 4 is 0 Å². The summed E-state index contributed by atoms with van der Waals surface area (Å²) >= 11 is 0. The number of rotatable bonds is 7. The minimum Gasteiger partial charge on any atom is -0.356 e. The molecule has 1 rings (SSSR count). The predicted octanol–water partition coefficient (Wildman–Crippen LogP) is 4.16. The highest BCUT2D eigenvalue weighted by Gasteiger charge is 2.24. The van der Waals surface area contributed by atoms with Crippen LogP contribution in [0.1, 0.15) is 52.4 Å². The maximum absolute atomic E-state index is 5.38. The summed E-state index contributed by atoms with van der Waals surface area (Å²) in [5, 5.41) is 0. The van der Waals surface area contributed by atoms with Crippen molar-refractivity contribution in [2.45, 2.75) is 58.7 Å². The molecule has 1 aliphatic rings. The Hall–Kier alpha value is -0.340. The molecule has 17 heavy (non-hydrogen) atoms. The summed E-state index contributed by atoms with van der Waals surface area (Å²) in [7, 11) is 3.48. The SMILES string of the molecule is COC(OC)C1CCC=C(CCCC(C)C)C1. The van der Waals surface area contributed by atoms with Crippen LogP contribution in [-0.4, -0.2) is 20.5 Å². The fraction of sp³-hybridized carbons (Fsp3) is 0.867. The Kier molecular flexibility index (Phi) is 6.83. The molecule has 0 amide bonds. The molecule has 0 saturated carbocycles. The van der Waals surface area contributed by atoms with Crippen molar-refractivity contribution in [3.05, 3.63) is 11.6 Å². The number of hydrogen-bond donors (Lipinski definition) is 0. The first kappa shape index (κ1) is 14.7. The van der Waals surface area contributed by atoms with E-state index in [0.717, 1.165) is 12.3 Å². The van der Waals surface area contributed by atoms with Crippen molar-refractivity contribution < 1.29 is 9.47 Å². The van der Waals surface area contributed by atoms with Crippen LogP contribution in [0.4, 0.5) is 0 Å². The van der Waals surface area contributed by atoms with Crippen molar-refractivity contribution in [2.75, 3.05) is 14.2 Å². The van der Waals surface area contributed by atoms with Crippen molar-refractivity contribution in [2.24, 2.45) is 11.8 Å². The summed E-state index contributed by atoms with van der Waals surface area (Å²) in [6, 6.07) is 0. The van der Waals surface area contributed by atoms with Gasteiger partial charge in [0.15, 0.2) is 6.29 Å². The van der Waals surface area contributed by atoms with E-state index < -0.39 is 0 Å². The van der Waals surface area contributed by atoms with Gasteiger partial charge in [-0.05, 0) is 38.0 Å². The summed E-state index contributed by atoms with van der Waals surface area (Å²) < 4.78 is 10.8. The monoisotopic (exact) mass is 240 g/mol. The van der Waals surface area contributed by atoms with E-state index in [2.05, 4.69) is 19.9 Å². The van der Waals surface area contributed by atoms with Gasteiger partial charge in [0.1, 0.15) is 0 Å². The van der Waals surface area contributed by atoms with Crippen molar-refractivity contribution in [1.82, 2.24) is 0 Å². The minimum atomic E-state index is -0.0243. The summed E-state index contributed by atoms with van der Waals surface area (Å²) in [5.41, 5.74) is 1.61. The van der Waals surface area contributed by atoms with Crippen LogP contribution in [-0.2, 0) is 9.47 Å². The maximum atomic E-state index is 5.38. The molecule has 0 fully saturated rings. The third-order valence-corrected chi connectivity index (χ3v) is 3.62. The van der Waals surface area contributed by atoms with E-state index in [1.54, 1.807) is 19.8 Å². The van der Waals surface area contributed by atoms with Crippen LogP contribution in [0.25, 0.3) is 0 Å². The molecule has 0 saturated heterocycles. The second-order valence-corrected chi connectivity index (χ2v) is 5.53. The highest BCUT2D eigenvalue weighted by atomic mass is 16.7. The molecule has 1 atom stereocenters. The van der Waals surface area contributed by atoms with Gasteiger partial charge in [-0.3, -0.25) is 0 Å². The van der Waals surface area contributed by atoms with Gasteiger partial charge in [-0.15, -0.1) is 0 Å². The van der Waals surface area contributed by atoms with E-state index in [1.807, 2.05) is 0 Å². The van der Waals surface area contributed by atoms with Gasteiger partial charge in [-0.25, -0.2) is 0 Å². The molecule has 0 N–H and O–H groups in total. The van der Waals surface area contributed by atoms with Crippen LogP contribution < -0.4 is 0 Å². The van der Waals surface area contributed by atoms with Gasteiger partial charge in [0.05, 0.1) is 0 Å². The van der Waals surface area contributed by atoms with E-state index in [1.165, 1.54) is 32.1 Å². The normalized spacial score (nSPS) is 21.1. The van der Waals surface area contributed by atoms with E-state index >= 15 is 0 Å². The van der Waals surface area contributed by atoms with E-state index in [9.17, 15) is 0 Å². The lowest BCUT2D eigenvalue weighted by Crippen LogP contribution is -2.26. The Balaban J connectivity index is 2.35. The molecule has 1 unspecified atom stereocenters. The quantitative estimate of drug-likeness (QED) is 0.491. The molecule has 0 spiro atoms. The molecule has 2 nitrogen and oxygen atoms in total. The van der Waals surface area contributed by atoms with Crippen LogP contribution in [0, 0.1) is 11.8 Å². The Bertz CT molecular complexity index is 229. The zero-order valence-electron chi connectivity index (χ0n) is 11.9. The third kappa shape index (κ3) is 5.22. The first-order chi connectivity index (χ1) is 8.17. The lowest BCUT2D eigenvalue weighted by molar-refractivity contribution is -0.139. The molecular formula is C15H28O2. The van der Waals surface area contributed by atoms with Crippen molar-refractivity contribution in [3.8, 4) is 0 Å². The second-order valence-electron chi connectivity index (χ2n) is 5.53. The fourth-order valence-corrected chi connectivity index (χ4v) is 2.68. The Morgan fingerprint density at radius 3 is 2.59 bits per heavy atom. The van der Waals surface area contributed by atoms with E-state index in [0.29, 0.717) is 5.92 Å². The zero-order valence-corrected chi connectivity index (χ0v) is 11.9. The van der Waals surface area contributed by atoms with Gasteiger partial charge < -0.3 is 9.47 Å². The number of allylic oxidation sites excluding steroid dienone is 2. The number of ether oxygens (including phenoxy) is 2. The smallest absolute Gasteiger partial charge is 0.159 e. The molecule has 2 heteroatoms. The number of hydrogen-bond acceptors (Lipinski definition) is 2. The van der Waals surface area contributed by atoms with Gasteiger partial charge in [-0.2, -0.15) is 0 Å². The first-order valence-electron chi connectivity index (χ1n) is 6.90. The molecule has 0 bridgehead atoms. The summed E-state index contributed by atoms with van der Waals surface area (Å²) in [6.45, 7) is 4.59. The Labute approximate surface area is 106 Å². The average Bonchev–Trinajstić information content (AvgIpc) is 2.31. The molecule has 0 aromatic carbocycles. The first-order valence-corrected chi connectivity index (χ1v) is 6.90. The molecule has 0 heterocycles. The lowest BCUT2D eigenvalue weighted by Gasteiger charge is -2.28. The van der Waals surface area contributed by atoms with Gasteiger partial charge in [0.25, 0.3) is 0 Å². The van der Waals surface area contributed by atoms with Crippen LogP contribution in [0.15, 0.2) is 11.6 Å². The molecule has 0 aliphatic heterocycles. The Morgan fingerprint density at radius 2 is 2.00 bits per heavy atom. The van der Waals surface area contributed by atoms with Crippen LogP contribution in [0.5, 0.6) is 0 Å². The highest BCUT2D eigenvalue weighted by molar-refractivity contribution is 5.07. The minimum absolute atomic E-state index is 0.0243. The highest BCUT2D eigenvalue weighted by Crippen LogP contribution is 2.31. The second kappa shape index (κ2) is 7.88. The van der Waals surface area contributed by atoms with Gasteiger partial charge in [0, 0.05) is 20.1 Å². The Morgan fingerprint density at radius 1 is 1.29 bits per heavy atom. The van der Waals surface area contributed by atoms with Crippen molar-refractivity contribution in [3.63, 3.8) is 0 Å². The van der Waals surface area contributed by atoms with Gasteiger partial charge in [-0.1, -0.05) is 31.9 Å². The largest absolute Gasteiger partial charge is 0.356 e. The molecule has 0 radical (unpaired) electrons. The fourth-order valence-electron chi connectivity index (χ4n) is 2.68. The van der Waals surface area contributed by atoms with E-state index in [4.69, 9.17) is 9.47 Å². The summed E-state index contributed by atoms with van der Waals surface area (Å²) in [5.74, 6) is 1.37. The van der Waals surface area contributed by atoms with Gasteiger partial charge in [0.2, 0.25) is 0 Å². The third-order valence-electron chi connectivity index (χ3n) is 3.62. The van der Waals surface area contributed by atoms with Gasteiger partial charge >= 0.3 is 0 Å². The van der Waals surface area contributed by atoms with Crippen LogP contribution in [0.2, 0.25) is 0 Å². The summed E-state index contributed by atoms with van der Waals surface area (Å²) in [4.78, 5) is 0. The molecule has 1 aliphatic carbocycles. The number of methoxy groups -OCH3 is 2. The van der Waals surface area contributed by atoms with Crippen molar-refractivity contribution in [1.29, 1.82) is 0 Å². The lowest BCUT2D eigenvalue weighted by atomic mass is 9.85. The molecule has 0 aromatic rings. The van der Waals surface area contributed by atoms with E-state index in [-0.39, 0.29) is 6.29 Å². The zero-order chi connectivity index (χ0) is 12.7. The van der Waals surface area contributed by atoms with Crippen LogP contribution in [0.3, 0.4) is 0 Å². The average molecular weight is 240 g/mol. The molecular weight excluding hydrogens is 212 g/mol. The standard InChI is InChI=1S/C15H28O2/c1-12(2)7-5-8-13-9-6-10-14(11-13)15(16-3)17-4/h9,12,14-15H,5-8,10-11H2,1-4H3. The summed E-state index contributed by atoms with van der Waals surface area (Å²) in [6.07, 6.45) is 9.85. The predicted molar refractivity (Wildman–Crippen MR) is 71.9 cm³/mol. The molecule has 100 valence electrons. The van der Waals surface area contributed by atoms with Crippen LogP contribution >= 0.6 is 0 Å². The maximum Gasteiger partial charge on any atom is 0.159 e.